The van der Waals surface area contributed by atoms with Gasteiger partial charge in [0.1, 0.15) is 5.75 Å². The number of halogens is 1. The zero-order valence-electron chi connectivity index (χ0n) is 12.5. The summed E-state index contributed by atoms with van der Waals surface area (Å²) in [4.78, 5) is 12.3. The van der Waals surface area contributed by atoms with Crippen LogP contribution in [0.25, 0.3) is 0 Å². The lowest BCUT2D eigenvalue weighted by atomic mass is 10.0. The molecule has 2 unspecified atom stereocenters. The highest BCUT2D eigenvalue weighted by atomic mass is 35.5. The van der Waals surface area contributed by atoms with Gasteiger partial charge in [0.05, 0.1) is 25.9 Å². The van der Waals surface area contributed by atoms with Gasteiger partial charge in [-0.25, -0.2) is 0 Å². The highest BCUT2D eigenvalue weighted by molar-refractivity contribution is 5.85. The zero-order chi connectivity index (χ0) is 14.5. The lowest BCUT2D eigenvalue weighted by molar-refractivity contribution is -0.123. The molecule has 1 aromatic rings. The van der Waals surface area contributed by atoms with Crippen LogP contribution in [0.15, 0.2) is 24.3 Å². The van der Waals surface area contributed by atoms with Gasteiger partial charge in [-0.1, -0.05) is 18.2 Å². The Morgan fingerprint density at radius 3 is 3.00 bits per heavy atom. The molecule has 0 saturated carbocycles. The molecule has 22 heavy (non-hydrogen) atoms. The van der Waals surface area contributed by atoms with Gasteiger partial charge in [0, 0.05) is 24.6 Å². The molecule has 1 amide bonds. The van der Waals surface area contributed by atoms with Crippen molar-refractivity contribution in [2.24, 2.45) is 0 Å². The summed E-state index contributed by atoms with van der Waals surface area (Å²) < 4.78 is 11.1. The van der Waals surface area contributed by atoms with Gasteiger partial charge in [0.15, 0.2) is 0 Å². The van der Waals surface area contributed by atoms with Crippen LogP contribution in [-0.2, 0) is 9.53 Å². The summed E-state index contributed by atoms with van der Waals surface area (Å²) in [7, 11) is 0. The fourth-order valence-electron chi connectivity index (χ4n) is 2.90. The SMILES string of the molecule is Cl.O=C(CC1COCCN1)NC1CCCOc2ccccc21. The largest absolute Gasteiger partial charge is 0.493 e. The third-order valence-corrected chi connectivity index (χ3v) is 3.95. The van der Waals surface area contributed by atoms with Gasteiger partial charge in [0.25, 0.3) is 0 Å². The molecule has 1 fully saturated rings. The van der Waals surface area contributed by atoms with Crippen molar-refractivity contribution in [2.45, 2.75) is 31.3 Å². The minimum absolute atomic E-state index is 0. The number of carbonyl (C=O) groups is 1. The van der Waals surface area contributed by atoms with E-state index in [0.29, 0.717) is 19.6 Å². The predicted molar refractivity (Wildman–Crippen MR) is 86.5 cm³/mol. The van der Waals surface area contributed by atoms with Gasteiger partial charge < -0.3 is 20.1 Å². The van der Waals surface area contributed by atoms with Crippen LogP contribution in [0.5, 0.6) is 5.75 Å². The Hall–Kier alpha value is -1.30. The summed E-state index contributed by atoms with van der Waals surface area (Å²) in [5.41, 5.74) is 1.08. The molecule has 0 spiro atoms. The Morgan fingerprint density at radius 1 is 1.32 bits per heavy atom. The second-order valence-corrected chi connectivity index (χ2v) is 5.58. The Kier molecular flexibility index (Phi) is 6.49. The van der Waals surface area contributed by atoms with Gasteiger partial charge in [-0.2, -0.15) is 0 Å². The maximum atomic E-state index is 12.3. The molecule has 2 atom stereocenters. The van der Waals surface area contributed by atoms with Crippen LogP contribution in [0, 0.1) is 0 Å². The number of amides is 1. The summed E-state index contributed by atoms with van der Waals surface area (Å²) in [5.74, 6) is 0.958. The first-order valence-electron chi connectivity index (χ1n) is 7.65. The summed E-state index contributed by atoms with van der Waals surface area (Å²) in [6.07, 6.45) is 2.32. The molecule has 0 aromatic heterocycles. The number of para-hydroxylation sites is 1. The average molecular weight is 327 g/mol. The topological polar surface area (TPSA) is 59.6 Å². The molecule has 2 aliphatic rings. The fourth-order valence-corrected chi connectivity index (χ4v) is 2.90. The van der Waals surface area contributed by atoms with Crippen molar-refractivity contribution in [1.29, 1.82) is 0 Å². The van der Waals surface area contributed by atoms with Crippen LogP contribution in [0.4, 0.5) is 0 Å². The van der Waals surface area contributed by atoms with Crippen molar-refractivity contribution < 1.29 is 14.3 Å². The number of morpholine rings is 1. The number of benzene rings is 1. The predicted octanol–water partition coefficient (Wildman–Crippen LogP) is 1.82. The summed E-state index contributed by atoms with van der Waals surface area (Å²) >= 11 is 0. The number of carbonyl (C=O) groups excluding carboxylic acids is 1. The van der Waals surface area contributed by atoms with E-state index in [-0.39, 0.29) is 30.4 Å². The van der Waals surface area contributed by atoms with Crippen LogP contribution < -0.4 is 15.4 Å². The second-order valence-electron chi connectivity index (χ2n) is 5.58. The first-order valence-corrected chi connectivity index (χ1v) is 7.65. The fraction of sp³-hybridized carbons (Fsp3) is 0.562. The van der Waals surface area contributed by atoms with E-state index >= 15 is 0 Å². The Balaban J connectivity index is 0.00000176. The van der Waals surface area contributed by atoms with Crippen molar-refractivity contribution in [3.63, 3.8) is 0 Å². The molecule has 0 bridgehead atoms. The molecule has 0 aliphatic carbocycles. The summed E-state index contributed by atoms with van der Waals surface area (Å²) in [6.45, 7) is 2.86. The van der Waals surface area contributed by atoms with E-state index in [0.717, 1.165) is 37.3 Å². The molecule has 2 heterocycles. The third kappa shape index (κ3) is 4.35. The first kappa shape index (κ1) is 17.1. The molecule has 2 aliphatic heterocycles. The van der Waals surface area contributed by atoms with Crippen molar-refractivity contribution in [2.75, 3.05) is 26.4 Å². The molecule has 1 aromatic carbocycles. The molecule has 122 valence electrons. The summed E-state index contributed by atoms with van der Waals surface area (Å²) in [6, 6.07) is 8.12. The minimum atomic E-state index is 0. The lowest BCUT2D eigenvalue weighted by Gasteiger charge is -2.25. The number of hydrogen-bond acceptors (Lipinski definition) is 4. The molecule has 5 nitrogen and oxygen atoms in total. The van der Waals surface area contributed by atoms with E-state index in [9.17, 15) is 4.79 Å². The maximum Gasteiger partial charge on any atom is 0.222 e. The van der Waals surface area contributed by atoms with E-state index < -0.39 is 0 Å². The van der Waals surface area contributed by atoms with E-state index in [2.05, 4.69) is 10.6 Å². The monoisotopic (exact) mass is 326 g/mol. The molecule has 2 N–H and O–H groups in total. The van der Waals surface area contributed by atoms with Crippen molar-refractivity contribution in [1.82, 2.24) is 10.6 Å². The van der Waals surface area contributed by atoms with Crippen LogP contribution in [0.3, 0.4) is 0 Å². The number of fused-ring (bicyclic) bond motifs is 1. The Labute approximate surface area is 137 Å². The van der Waals surface area contributed by atoms with Gasteiger partial charge in [0.2, 0.25) is 5.91 Å². The molecule has 1 saturated heterocycles. The Bertz CT molecular complexity index is 492. The first-order chi connectivity index (χ1) is 10.3. The van der Waals surface area contributed by atoms with E-state index in [1.54, 1.807) is 0 Å². The van der Waals surface area contributed by atoms with Crippen molar-refractivity contribution in [3.05, 3.63) is 29.8 Å². The molecular weight excluding hydrogens is 304 g/mol. The number of hydrogen-bond donors (Lipinski definition) is 2. The smallest absolute Gasteiger partial charge is 0.222 e. The summed E-state index contributed by atoms with van der Waals surface area (Å²) in [5, 5.41) is 6.46. The van der Waals surface area contributed by atoms with Crippen molar-refractivity contribution >= 4 is 18.3 Å². The normalized spacial score (nSPS) is 24.2. The Morgan fingerprint density at radius 2 is 2.18 bits per heavy atom. The number of rotatable bonds is 3. The molecule has 0 radical (unpaired) electrons. The third-order valence-electron chi connectivity index (χ3n) is 3.95. The lowest BCUT2D eigenvalue weighted by Crippen LogP contribution is -2.44. The van der Waals surface area contributed by atoms with Crippen molar-refractivity contribution in [3.8, 4) is 5.75 Å². The van der Waals surface area contributed by atoms with E-state index in [1.165, 1.54) is 0 Å². The van der Waals surface area contributed by atoms with Gasteiger partial charge in [-0.3, -0.25) is 4.79 Å². The molecule has 3 rings (SSSR count). The van der Waals surface area contributed by atoms with E-state index in [1.807, 2.05) is 24.3 Å². The van der Waals surface area contributed by atoms with Crippen LogP contribution in [0.1, 0.15) is 30.9 Å². The molecular formula is C16H23ClN2O3. The standard InChI is InChI=1S/C16H22N2O3.ClH/c19-16(10-12-11-20-9-7-17-12)18-14-5-3-8-21-15-6-2-1-4-13(14)15;/h1-2,4,6,12,14,17H,3,5,7-11H2,(H,18,19);1H. The van der Waals surface area contributed by atoms with Gasteiger partial charge in [-0.15, -0.1) is 12.4 Å². The van der Waals surface area contributed by atoms with E-state index in [4.69, 9.17) is 9.47 Å². The van der Waals surface area contributed by atoms with Crippen LogP contribution in [-0.4, -0.2) is 38.3 Å². The van der Waals surface area contributed by atoms with Gasteiger partial charge in [-0.05, 0) is 18.9 Å². The van der Waals surface area contributed by atoms with Gasteiger partial charge >= 0.3 is 0 Å². The van der Waals surface area contributed by atoms with Crippen LogP contribution in [0.2, 0.25) is 0 Å². The minimum Gasteiger partial charge on any atom is -0.493 e. The number of ether oxygens (including phenoxy) is 2. The second kappa shape index (κ2) is 8.36. The zero-order valence-corrected chi connectivity index (χ0v) is 13.4. The molecule has 6 heteroatoms. The maximum absolute atomic E-state index is 12.3. The highest BCUT2D eigenvalue weighted by Crippen LogP contribution is 2.31. The quantitative estimate of drug-likeness (QED) is 0.889. The average Bonchev–Trinajstić information content (AvgIpc) is 2.71. The number of nitrogens with one attached hydrogen (secondary N) is 2. The van der Waals surface area contributed by atoms with Crippen LogP contribution >= 0.6 is 12.4 Å². The highest BCUT2D eigenvalue weighted by Gasteiger charge is 2.23.